The van der Waals surface area contributed by atoms with Crippen LogP contribution in [-0.2, 0) is 5.54 Å². The summed E-state index contributed by atoms with van der Waals surface area (Å²) in [7, 11) is 0. The molecule has 0 unspecified atom stereocenters. The lowest BCUT2D eigenvalue weighted by Gasteiger charge is -2.15. The Kier molecular flexibility index (Phi) is 1.63. The highest BCUT2D eigenvalue weighted by Gasteiger charge is 2.20. The lowest BCUT2D eigenvalue weighted by Crippen LogP contribution is -2.28. The van der Waals surface area contributed by atoms with E-state index in [1.807, 2.05) is 26.0 Å². The molecule has 3 nitrogen and oxygen atoms in total. The monoisotopic (exact) mass is 176 g/mol. The number of furan rings is 1. The minimum atomic E-state index is -0.403. The molecule has 0 radical (unpaired) electrons. The molecule has 0 atom stereocenters. The van der Waals surface area contributed by atoms with Crippen LogP contribution in [0.25, 0.3) is 11.1 Å². The van der Waals surface area contributed by atoms with Crippen molar-refractivity contribution in [3.63, 3.8) is 0 Å². The van der Waals surface area contributed by atoms with Crippen molar-refractivity contribution < 1.29 is 4.42 Å². The van der Waals surface area contributed by atoms with Crippen molar-refractivity contribution in [1.82, 2.24) is 4.98 Å². The number of nitrogens with zero attached hydrogens (tertiary/aromatic N) is 1. The molecule has 0 aliphatic carbocycles. The van der Waals surface area contributed by atoms with Gasteiger partial charge in [-0.1, -0.05) is 0 Å². The summed E-state index contributed by atoms with van der Waals surface area (Å²) < 4.78 is 5.33. The van der Waals surface area contributed by atoms with Gasteiger partial charge in [-0.2, -0.15) is 0 Å². The fourth-order valence-electron chi connectivity index (χ4n) is 1.32. The maximum absolute atomic E-state index is 5.97. The molecule has 0 aromatic carbocycles. The van der Waals surface area contributed by atoms with Crippen LogP contribution in [0, 0.1) is 0 Å². The van der Waals surface area contributed by atoms with Crippen molar-refractivity contribution in [2.75, 3.05) is 0 Å². The van der Waals surface area contributed by atoms with Crippen LogP contribution < -0.4 is 5.73 Å². The fraction of sp³-hybridized carbons (Fsp3) is 0.300. The van der Waals surface area contributed by atoms with Crippen molar-refractivity contribution in [2.24, 2.45) is 5.73 Å². The van der Waals surface area contributed by atoms with Crippen LogP contribution in [0.15, 0.2) is 29.0 Å². The normalized spacial score (nSPS) is 12.2. The lowest BCUT2D eigenvalue weighted by atomic mass is 9.98. The zero-order chi connectivity index (χ0) is 9.47. The summed E-state index contributed by atoms with van der Waals surface area (Å²) in [6.07, 6.45) is 3.42. The van der Waals surface area contributed by atoms with E-state index in [0.717, 1.165) is 16.7 Å². The fourth-order valence-corrected chi connectivity index (χ4v) is 1.32. The molecule has 2 heterocycles. The highest BCUT2D eigenvalue weighted by atomic mass is 16.3. The van der Waals surface area contributed by atoms with E-state index in [0.29, 0.717) is 0 Å². The van der Waals surface area contributed by atoms with Gasteiger partial charge in [-0.05, 0) is 26.0 Å². The van der Waals surface area contributed by atoms with Gasteiger partial charge in [0, 0.05) is 17.3 Å². The molecule has 68 valence electrons. The van der Waals surface area contributed by atoms with Crippen molar-refractivity contribution >= 4 is 11.1 Å². The molecule has 0 saturated heterocycles. The van der Waals surface area contributed by atoms with Gasteiger partial charge in [-0.3, -0.25) is 4.98 Å². The SMILES string of the molecule is CC(C)(N)c1coc2cccnc12. The standard InChI is InChI=1S/C10H12N2O/c1-10(2,11)7-6-13-8-4-3-5-12-9(7)8/h3-6H,11H2,1-2H3. The molecule has 0 fully saturated rings. The molecule has 0 saturated carbocycles. The summed E-state index contributed by atoms with van der Waals surface area (Å²) in [6.45, 7) is 3.87. The Morgan fingerprint density at radius 2 is 2.23 bits per heavy atom. The van der Waals surface area contributed by atoms with Gasteiger partial charge >= 0.3 is 0 Å². The van der Waals surface area contributed by atoms with Gasteiger partial charge in [0.05, 0.1) is 6.26 Å². The third kappa shape index (κ3) is 1.31. The van der Waals surface area contributed by atoms with Crippen molar-refractivity contribution in [3.05, 3.63) is 30.2 Å². The first kappa shape index (κ1) is 8.26. The second-order valence-corrected chi connectivity index (χ2v) is 3.72. The Morgan fingerprint density at radius 3 is 2.92 bits per heavy atom. The van der Waals surface area contributed by atoms with Gasteiger partial charge in [0.2, 0.25) is 0 Å². The predicted octanol–water partition coefficient (Wildman–Crippen LogP) is 2.02. The Hall–Kier alpha value is -1.35. The summed E-state index contributed by atoms with van der Waals surface area (Å²) in [5, 5.41) is 0. The maximum atomic E-state index is 5.97. The minimum absolute atomic E-state index is 0.403. The highest BCUT2D eigenvalue weighted by molar-refractivity contribution is 5.77. The van der Waals surface area contributed by atoms with Gasteiger partial charge in [-0.25, -0.2) is 0 Å². The molecule has 2 aromatic heterocycles. The van der Waals surface area contributed by atoms with Crippen LogP contribution in [0.3, 0.4) is 0 Å². The van der Waals surface area contributed by atoms with E-state index in [9.17, 15) is 0 Å². The van der Waals surface area contributed by atoms with Crippen molar-refractivity contribution in [1.29, 1.82) is 0 Å². The van der Waals surface area contributed by atoms with Crippen LogP contribution >= 0.6 is 0 Å². The first-order chi connectivity index (χ1) is 6.09. The highest BCUT2D eigenvalue weighted by Crippen LogP contribution is 2.26. The van der Waals surface area contributed by atoms with Gasteiger partial charge in [0.25, 0.3) is 0 Å². The number of rotatable bonds is 1. The molecule has 0 spiro atoms. The number of pyridine rings is 1. The largest absolute Gasteiger partial charge is 0.462 e. The van der Waals surface area contributed by atoms with Crippen LogP contribution in [0.5, 0.6) is 0 Å². The minimum Gasteiger partial charge on any atom is -0.462 e. The number of hydrogen-bond acceptors (Lipinski definition) is 3. The van der Waals surface area contributed by atoms with E-state index in [4.69, 9.17) is 10.2 Å². The summed E-state index contributed by atoms with van der Waals surface area (Å²) >= 11 is 0. The molecule has 0 aliphatic rings. The summed E-state index contributed by atoms with van der Waals surface area (Å²) in [5.74, 6) is 0. The van der Waals surface area contributed by atoms with Crippen LogP contribution in [0.2, 0.25) is 0 Å². The van der Waals surface area contributed by atoms with Crippen LogP contribution in [0.1, 0.15) is 19.4 Å². The van der Waals surface area contributed by atoms with E-state index in [2.05, 4.69) is 4.98 Å². The van der Waals surface area contributed by atoms with Gasteiger partial charge in [-0.15, -0.1) is 0 Å². The van der Waals surface area contributed by atoms with Gasteiger partial charge in [0.15, 0.2) is 5.58 Å². The zero-order valence-corrected chi connectivity index (χ0v) is 7.74. The first-order valence-corrected chi connectivity index (χ1v) is 4.20. The number of nitrogens with two attached hydrogens (primary N) is 1. The van der Waals surface area contributed by atoms with E-state index >= 15 is 0 Å². The molecular weight excluding hydrogens is 164 g/mol. The third-order valence-corrected chi connectivity index (χ3v) is 2.02. The molecule has 0 bridgehead atoms. The summed E-state index contributed by atoms with van der Waals surface area (Å²) in [6, 6.07) is 3.73. The Balaban J connectivity index is 2.72. The average molecular weight is 176 g/mol. The van der Waals surface area contributed by atoms with Crippen LogP contribution in [0.4, 0.5) is 0 Å². The molecule has 2 N–H and O–H groups in total. The van der Waals surface area contributed by atoms with Crippen LogP contribution in [-0.4, -0.2) is 4.98 Å². The molecule has 13 heavy (non-hydrogen) atoms. The Bertz CT molecular complexity index is 426. The topological polar surface area (TPSA) is 52.0 Å². The van der Waals surface area contributed by atoms with Crippen molar-refractivity contribution in [2.45, 2.75) is 19.4 Å². The summed E-state index contributed by atoms with van der Waals surface area (Å²) in [4.78, 5) is 4.23. The Morgan fingerprint density at radius 1 is 1.46 bits per heavy atom. The number of aromatic nitrogens is 1. The summed E-state index contributed by atoms with van der Waals surface area (Å²) in [5.41, 5.74) is 8.16. The smallest absolute Gasteiger partial charge is 0.152 e. The zero-order valence-electron chi connectivity index (χ0n) is 7.74. The molecular formula is C10H12N2O. The Labute approximate surface area is 76.6 Å². The third-order valence-electron chi connectivity index (χ3n) is 2.02. The molecule has 3 heteroatoms. The number of hydrogen-bond donors (Lipinski definition) is 1. The molecule has 2 rings (SSSR count). The second kappa shape index (κ2) is 2.57. The first-order valence-electron chi connectivity index (χ1n) is 4.20. The van der Waals surface area contributed by atoms with Crippen molar-refractivity contribution in [3.8, 4) is 0 Å². The van der Waals surface area contributed by atoms with E-state index < -0.39 is 5.54 Å². The van der Waals surface area contributed by atoms with Gasteiger partial charge in [0.1, 0.15) is 5.52 Å². The predicted molar refractivity (Wildman–Crippen MR) is 51.2 cm³/mol. The van der Waals surface area contributed by atoms with E-state index in [-0.39, 0.29) is 0 Å². The maximum Gasteiger partial charge on any atom is 0.152 e. The quantitative estimate of drug-likeness (QED) is 0.723. The molecule has 0 aliphatic heterocycles. The lowest BCUT2D eigenvalue weighted by molar-refractivity contribution is 0.534. The van der Waals surface area contributed by atoms with E-state index in [1.54, 1.807) is 12.5 Å². The second-order valence-electron chi connectivity index (χ2n) is 3.72. The average Bonchev–Trinajstić information content (AvgIpc) is 2.45. The van der Waals surface area contributed by atoms with Gasteiger partial charge < -0.3 is 10.2 Å². The molecule has 0 amide bonds. The van der Waals surface area contributed by atoms with E-state index in [1.165, 1.54) is 0 Å². The number of fused-ring (bicyclic) bond motifs is 1. The molecule has 2 aromatic rings.